The number of fused-ring (bicyclic) bond motifs is 1. The lowest BCUT2D eigenvalue weighted by Gasteiger charge is -2.45. The second-order valence-electron chi connectivity index (χ2n) is 8.04. The van der Waals surface area contributed by atoms with Crippen LogP contribution in [0.4, 0.5) is 11.4 Å². The van der Waals surface area contributed by atoms with Gasteiger partial charge in [-0.05, 0) is 73.7 Å². The van der Waals surface area contributed by atoms with Gasteiger partial charge in [0.15, 0.2) is 0 Å². The summed E-state index contributed by atoms with van der Waals surface area (Å²) in [6.07, 6.45) is 2.54. The fraction of sp³-hybridized carbons (Fsp3) is 0.304. The van der Waals surface area contributed by atoms with Crippen LogP contribution in [-0.2, 0) is 4.79 Å². The molecule has 6 heteroatoms. The second-order valence-corrected chi connectivity index (χ2v) is 8.89. The van der Waals surface area contributed by atoms with Crippen LogP contribution in [0.1, 0.15) is 44.2 Å². The van der Waals surface area contributed by atoms with Crippen molar-refractivity contribution in [1.82, 2.24) is 0 Å². The number of amides is 1. The molecule has 150 valence electrons. The van der Waals surface area contributed by atoms with Crippen LogP contribution in [0.3, 0.4) is 0 Å². The van der Waals surface area contributed by atoms with E-state index in [4.69, 9.17) is 23.2 Å². The van der Waals surface area contributed by atoms with Gasteiger partial charge in [0.25, 0.3) is 5.91 Å². The molecule has 1 heterocycles. The van der Waals surface area contributed by atoms with Crippen molar-refractivity contribution < 1.29 is 4.79 Å². The summed E-state index contributed by atoms with van der Waals surface area (Å²) in [5, 5.41) is 13.2. The van der Waals surface area contributed by atoms with Crippen molar-refractivity contribution in [2.24, 2.45) is 0 Å². The van der Waals surface area contributed by atoms with Gasteiger partial charge in [-0.25, -0.2) is 0 Å². The molecule has 0 aliphatic carbocycles. The third-order valence-electron chi connectivity index (χ3n) is 5.50. The fourth-order valence-electron chi connectivity index (χ4n) is 3.78. The molecule has 0 aromatic heterocycles. The molecule has 0 radical (unpaired) electrons. The quantitative estimate of drug-likeness (QED) is 0.464. The molecule has 0 unspecified atom stereocenters. The minimum atomic E-state index is -0.505. The molecule has 1 atom stereocenters. The third-order valence-corrected chi connectivity index (χ3v) is 6.06. The normalized spacial score (nSPS) is 18.0. The Morgan fingerprint density at radius 2 is 2.03 bits per heavy atom. The lowest BCUT2D eigenvalue weighted by atomic mass is 9.80. The zero-order chi connectivity index (χ0) is 21.3. The maximum atomic E-state index is 12.6. The molecule has 1 amide bonds. The van der Waals surface area contributed by atoms with E-state index in [0.717, 1.165) is 17.7 Å². The highest BCUT2D eigenvalue weighted by Gasteiger charge is 2.34. The number of nitrogens with zero attached hydrogens (tertiary/aromatic N) is 2. The van der Waals surface area contributed by atoms with E-state index in [2.05, 4.69) is 38.0 Å². The average molecular weight is 428 g/mol. The lowest BCUT2D eigenvalue weighted by Crippen LogP contribution is -2.45. The molecule has 1 aliphatic heterocycles. The van der Waals surface area contributed by atoms with Gasteiger partial charge in [0, 0.05) is 34.0 Å². The van der Waals surface area contributed by atoms with Gasteiger partial charge in [-0.15, -0.1) is 0 Å². The summed E-state index contributed by atoms with van der Waals surface area (Å²) in [6, 6.07) is 12.7. The summed E-state index contributed by atoms with van der Waals surface area (Å²) in [5.74, 6) is -0.165. The monoisotopic (exact) mass is 427 g/mol. The van der Waals surface area contributed by atoms with E-state index in [0.29, 0.717) is 27.2 Å². The number of anilines is 2. The smallest absolute Gasteiger partial charge is 0.266 e. The van der Waals surface area contributed by atoms with Crippen molar-refractivity contribution >= 4 is 46.6 Å². The first-order valence-corrected chi connectivity index (χ1v) is 10.1. The third kappa shape index (κ3) is 4.42. The Kier molecular flexibility index (Phi) is 5.93. The summed E-state index contributed by atoms with van der Waals surface area (Å²) in [4.78, 5) is 14.8. The molecular formula is C23H23Cl2N3O. The highest BCUT2D eigenvalue weighted by Crippen LogP contribution is 2.44. The maximum Gasteiger partial charge on any atom is 0.266 e. The minimum absolute atomic E-state index is 0.0241. The molecule has 29 heavy (non-hydrogen) atoms. The minimum Gasteiger partial charge on any atom is -0.369 e. The van der Waals surface area contributed by atoms with Gasteiger partial charge in [0.2, 0.25) is 0 Å². The Morgan fingerprint density at radius 1 is 1.31 bits per heavy atom. The number of hydrogen-bond acceptors (Lipinski definition) is 3. The van der Waals surface area contributed by atoms with Crippen molar-refractivity contribution in [2.75, 3.05) is 17.3 Å². The Balaban J connectivity index is 1.95. The topological polar surface area (TPSA) is 56.1 Å². The zero-order valence-corrected chi connectivity index (χ0v) is 18.4. The maximum absolute atomic E-state index is 12.6. The van der Waals surface area contributed by atoms with Crippen molar-refractivity contribution in [3.8, 4) is 6.07 Å². The molecule has 2 aromatic carbocycles. The van der Waals surface area contributed by atoms with Gasteiger partial charge >= 0.3 is 0 Å². The van der Waals surface area contributed by atoms with Crippen LogP contribution >= 0.6 is 23.2 Å². The summed E-state index contributed by atoms with van der Waals surface area (Å²) in [6.45, 7) is 6.61. The summed E-state index contributed by atoms with van der Waals surface area (Å²) >= 11 is 12.5. The predicted octanol–water partition coefficient (Wildman–Crippen LogP) is 6.26. The average Bonchev–Trinajstić information content (AvgIpc) is 2.64. The van der Waals surface area contributed by atoms with Gasteiger partial charge in [-0.1, -0.05) is 36.2 Å². The zero-order valence-electron chi connectivity index (χ0n) is 16.9. The van der Waals surface area contributed by atoms with Gasteiger partial charge < -0.3 is 10.2 Å². The molecule has 0 saturated heterocycles. The van der Waals surface area contributed by atoms with E-state index in [9.17, 15) is 10.1 Å². The standard InChI is InChI=1S/C23H23Cl2N3O/c1-14-12-23(2,3)28(4)21-11-20(25)15(9-19(14)21)8-16(13-26)22(29)27-18-7-5-6-17(24)10-18/h5-11,14H,12H2,1-4H3,(H,27,29)/b16-8-/t14-/m0/s1. The van der Waals surface area contributed by atoms with E-state index in [1.807, 2.05) is 18.2 Å². The first kappa shape index (κ1) is 21.2. The van der Waals surface area contributed by atoms with Crippen LogP contribution < -0.4 is 10.2 Å². The largest absolute Gasteiger partial charge is 0.369 e. The van der Waals surface area contributed by atoms with Crippen LogP contribution in [0.25, 0.3) is 6.08 Å². The first-order chi connectivity index (χ1) is 13.6. The molecule has 0 saturated carbocycles. The summed E-state index contributed by atoms with van der Waals surface area (Å²) in [5.41, 5.74) is 3.43. The molecule has 1 aliphatic rings. The fourth-order valence-corrected chi connectivity index (χ4v) is 4.19. The number of halogens is 2. The number of nitriles is 1. The van der Waals surface area contributed by atoms with Gasteiger partial charge in [-0.3, -0.25) is 4.79 Å². The Hall–Kier alpha value is -2.48. The van der Waals surface area contributed by atoms with E-state index in [-0.39, 0.29) is 11.1 Å². The molecule has 2 aromatic rings. The number of benzene rings is 2. The van der Waals surface area contributed by atoms with Crippen molar-refractivity contribution in [3.05, 3.63) is 63.1 Å². The van der Waals surface area contributed by atoms with E-state index >= 15 is 0 Å². The van der Waals surface area contributed by atoms with Crippen LogP contribution in [-0.4, -0.2) is 18.5 Å². The number of carbonyl (C=O) groups is 1. The van der Waals surface area contributed by atoms with Gasteiger partial charge in [-0.2, -0.15) is 5.26 Å². The number of nitrogens with one attached hydrogen (secondary N) is 1. The molecular weight excluding hydrogens is 405 g/mol. The first-order valence-electron chi connectivity index (χ1n) is 9.38. The summed E-state index contributed by atoms with van der Waals surface area (Å²) < 4.78 is 0. The molecule has 0 fully saturated rings. The molecule has 3 rings (SSSR count). The molecule has 0 bridgehead atoms. The van der Waals surface area contributed by atoms with Crippen molar-refractivity contribution in [1.29, 1.82) is 5.26 Å². The van der Waals surface area contributed by atoms with Crippen LogP contribution in [0, 0.1) is 11.3 Å². The van der Waals surface area contributed by atoms with Crippen molar-refractivity contribution in [2.45, 2.75) is 38.6 Å². The van der Waals surface area contributed by atoms with Crippen LogP contribution in [0.15, 0.2) is 42.0 Å². The molecule has 1 N–H and O–H groups in total. The van der Waals surface area contributed by atoms with Crippen LogP contribution in [0.2, 0.25) is 10.0 Å². The SMILES string of the molecule is C[C@H]1CC(C)(C)N(C)c2cc(Cl)c(/C=C(/C#N)C(=O)Nc3cccc(Cl)c3)cc21. The van der Waals surface area contributed by atoms with E-state index in [1.54, 1.807) is 24.3 Å². The summed E-state index contributed by atoms with van der Waals surface area (Å²) in [7, 11) is 2.07. The Bertz CT molecular complexity index is 1040. The molecule has 4 nitrogen and oxygen atoms in total. The lowest BCUT2D eigenvalue weighted by molar-refractivity contribution is -0.112. The predicted molar refractivity (Wildman–Crippen MR) is 121 cm³/mol. The van der Waals surface area contributed by atoms with E-state index in [1.165, 1.54) is 6.08 Å². The number of rotatable bonds is 3. The number of carbonyl (C=O) groups excluding carboxylic acids is 1. The highest BCUT2D eigenvalue weighted by molar-refractivity contribution is 6.32. The number of hydrogen-bond donors (Lipinski definition) is 1. The second kappa shape index (κ2) is 8.10. The van der Waals surface area contributed by atoms with Crippen molar-refractivity contribution in [3.63, 3.8) is 0 Å². The highest BCUT2D eigenvalue weighted by atomic mass is 35.5. The van der Waals surface area contributed by atoms with Crippen LogP contribution in [0.5, 0.6) is 0 Å². The molecule has 0 spiro atoms. The van der Waals surface area contributed by atoms with Gasteiger partial charge in [0.1, 0.15) is 11.6 Å². The Morgan fingerprint density at radius 3 is 2.69 bits per heavy atom. The van der Waals surface area contributed by atoms with E-state index < -0.39 is 5.91 Å². The van der Waals surface area contributed by atoms with Gasteiger partial charge in [0.05, 0.1) is 0 Å². The Labute approximate surface area is 181 Å².